The van der Waals surface area contributed by atoms with Crippen LogP contribution in [0.5, 0.6) is 0 Å². The lowest BCUT2D eigenvalue weighted by atomic mass is 10.1. The largest absolute Gasteiger partial charge is 0.402 e. The average Bonchev–Trinajstić information content (AvgIpc) is 3.05. The van der Waals surface area contributed by atoms with Gasteiger partial charge in [0.1, 0.15) is 0 Å². The molecule has 2 aromatic carbocycles. The maximum absolute atomic E-state index is 12.1. The number of nitrogens with two attached hydrogens (primary N) is 1. The predicted octanol–water partition coefficient (Wildman–Crippen LogP) is 4.24. The topological polar surface area (TPSA) is 67.9 Å². The number of hydrogen-bond acceptors (Lipinski definition) is 5. The van der Waals surface area contributed by atoms with Crippen LogP contribution < -0.4 is 5.73 Å². The van der Waals surface area contributed by atoms with Crippen LogP contribution in [0.4, 0.5) is 5.69 Å². The van der Waals surface area contributed by atoms with E-state index in [1.54, 1.807) is 18.2 Å². The summed E-state index contributed by atoms with van der Waals surface area (Å²) < 4.78 is 5.36. The van der Waals surface area contributed by atoms with E-state index in [4.69, 9.17) is 10.5 Å². The molecule has 0 spiro atoms. The van der Waals surface area contributed by atoms with E-state index < -0.39 is 5.97 Å². The molecule has 1 aliphatic rings. The Balaban J connectivity index is 1.73. The molecule has 0 unspecified atom stereocenters. The molecule has 1 heterocycles. The van der Waals surface area contributed by atoms with Crippen molar-refractivity contribution >= 4 is 23.6 Å². The first kappa shape index (κ1) is 19.8. The molecule has 28 heavy (non-hydrogen) atoms. The summed E-state index contributed by atoms with van der Waals surface area (Å²) in [4.78, 5) is 19.0. The fourth-order valence-electron chi connectivity index (χ4n) is 3.20. The number of cyclic esters (lactones) is 1. The van der Waals surface area contributed by atoms with Gasteiger partial charge in [-0.05, 0) is 67.4 Å². The van der Waals surface area contributed by atoms with Gasteiger partial charge in [0.2, 0.25) is 5.90 Å². The normalized spacial score (nSPS) is 15.2. The van der Waals surface area contributed by atoms with Gasteiger partial charge in [-0.1, -0.05) is 38.1 Å². The number of ether oxygens (including phenoxy) is 1. The quantitative estimate of drug-likeness (QED) is 0.424. The highest BCUT2D eigenvalue weighted by atomic mass is 16.6. The molecular formula is C23H27N3O2. The van der Waals surface area contributed by atoms with Crippen LogP contribution in [0.1, 0.15) is 43.4 Å². The summed E-state index contributed by atoms with van der Waals surface area (Å²) in [6, 6.07) is 15.3. The maximum atomic E-state index is 12.1. The van der Waals surface area contributed by atoms with E-state index in [0.717, 1.165) is 43.6 Å². The Morgan fingerprint density at radius 1 is 1.00 bits per heavy atom. The Bertz CT molecular complexity index is 862. The Morgan fingerprint density at radius 2 is 1.64 bits per heavy atom. The third kappa shape index (κ3) is 5.08. The van der Waals surface area contributed by atoms with E-state index in [9.17, 15) is 4.79 Å². The lowest BCUT2D eigenvalue weighted by Crippen LogP contribution is -2.24. The van der Waals surface area contributed by atoms with Gasteiger partial charge in [0.25, 0.3) is 0 Å². The van der Waals surface area contributed by atoms with Crippen molar-refractivity contribution in [1.29, 1.82) is 0 Å². The first-order chi connectivity index (χ1) is 13.6. The molecule has 0 bridgehead atoms. The summed E-state index contributed by atoms with van der Waals surface area (Å²) in [7, 11) is 0. The molecule has 0 aliphatic carbocycles. The van der Waals surface area contributed by atoms with Crippen molar-refractivity contribution in [2.24, 2.45) is 4.99 Å². The average molecular weight is 377 g/mol. The van der Waals surface area contributed by atoms with Crippen molar-refractivity contribution in [2.45, 2.75) is 33.2 Å². The second kappa shape index (κ2) is 9.33. The van der Waals surface area contributed by atoms with Crippen molar-refractivity contribution in [3.63, 3.8) is 0 Å². The van der Waals surface area contributed by atoms with Crippen LogP contribution in [-0.4, -0.2) is 29.9 Å². The molecule has 2 aromatic rings. The number of aliphatic imine (C=N–C) groups is 1. The molecular weight excluding hydrogens is 350 g/mol. The molecule has 2 N–H and O–H groups in total. The van der Waals surface area contributed by atoms with Gasteiger partial charge in [0.05, 0.1) is 0 Å². The van der Waals surface area contributed by atoms with Crippen molar-refractivity contribution in [1.82, 2.24) is 4.90 Å². The molecule has 0 atom stereocenters. The lowest BCUT2D eigenvalue weighted by molar-refractivity contribution is -0.129. The third-order valence-electron chi connectivity index (χ3n) is 4.55. The third-order valence-corrected chi connectivity index (χ3v) is 4.55. The molecule has 1 aliphatic heterocycles. The monoisotopic (exact) mass is 377 g/mol. The number of hydrogen-bond donors (Lipinski definition) is 1. The van der Waals surface area contributed by atoms with Gasteiger partial charge < -0.3 is 10.5 Å². The molecule has 146 valence electrons. The van der Waals surface area contributed by atoms with E-state index in [0.29, 0.717) is 17.3 Å². The zero-order chi connectivity index (χ0) is 19.9. The maximum Gasteiger partial charge on any atom is 0.363 e. The van der Waals surface area contributed by atoms with Crippen molar-refractivity contribution in [3.05, 3.63) is 70.9 Å². The molecule has 0 saturated carbocycles. The summed E-state index contributed by atoms with van der Waals surface area (Å²) in [5.74, 6) is -0.0924. The van der Waals surface area contributed by atoms with Crippen molar-refractivity contribution in [2.75, 3.05) is 18.8 Å². The molecule has 3 rings (SSSR count). The van der Waals surface area contributed by atoms with Gasteiger partial charge in [-0.25, -0.2) is 9.79 Å². The highest BCUT2D eigenvalue weighted by Gasteiger charge is 2.24. The van der Waals surface area contributed by atoms with E-state index in [1.807, 2.05) is 24.3 Å². The second-order valence-electron chi connectivity index (χ2n) is 6.98. The SMILES string of the molecule is CCCN(CCC)Cc1ccc(C2=N/C(=C/c3ccc(N)cc3)C(=O)O2)cc1. The van der Waals surface area contributed by atoms with E-state index in [-0.39, 0.29) is 0 Å². The van der Waals surface area contributed by atoms with Crippen LogP contribution >= 0.6 is 0 Å². The van der Waals surface area contributed by atoms with Crippen LogP contribution in [-0.2, 0) is 16.1 Å². The minimum atomic E-state index is -0.437. The van der Waals surface area contributed by atoms with E-state index >= 15 is 0 Å². The predicted molar refractivity (Wildman–Crippen MR) is 114 cm³/mol. The fraction of sp³-hybridized carbons (Fsp3) is 0.304. The van der Waals surface area contributed by atoms with Gasteiger partial charge in [-0.15, -0.1) is 0 Å². The summed E-state index contributed by atoms with van der Waals surface area (Å²) in [6.45, 7) is 7.52. The van der Waals surface area contributed by atoms with Crippen LogP contribution in [0.3, 0.4) is 0 Å². The molecule has 0 fully saturated rings. The molecule has 0 amide bonds. The van der Waals surface area contributed by atoms with Gasteiger partial charge in [0.15, 0.2) is 5.70 Å². The van der Waals surface area contributed by atoms with Crippen LogP contribution in [0.2, 0.25) is 0 Å². The number of nitrogens with zero attached hydrogens (tertiary/aromatic N) is 2. The van der Waals surface area contributed by atoms with E-state index in [1.165, 1.54) is 5.56 Å². The molecule has 5 heteroatoms. The first-order valence-corrected chi connectivity index (χ1v) is 9.78. The smallest absolute Gasteiger partial charge is 0.363 e. The van der Waals surface area contributed by atoms with Crippen LogP contribution in [0, 0.1) is 0 Å². The summed E-state index contributed by atoms with van der Waals surface area (Å²) in [6.07, 6.45) is 4.00. The number of carbonyl (C=O) groups excluding carboxylic acids is 1. The summed E-state index contributed by atoms with van der Waals surface area (Å²) in [5, 5.41) is 0. The minimum Gasteiger partial charge on any atom is -0.402 e. The second-order valence-corrected chi connectivity index (χ2v) is 6.98. The Morgan fingerprint density at radius 3 is 2.25 bits per heavy atom. The van der Waals surface area contributed by atoms with Gasteiger partial charge in [-0.3, -0.25) is 4.90 Å². The van der Waals surface area contributed by atoms with Crippen LogP contribution in [0.25, 0.3) is 6.08 Å². The van der Waals surface area contributed by atoms with E-state index in [2.05, 4.69) is 35.9 Å². The van der Waals surface area contributed by atoms with Gasteiger partial charge in [-0.2, -0.15) is 0 Å². The fourth-order valence-corrected chi connectivity index (χ4v) is 3.20. The zero-order valence-corrected chi connectivity index (χ0v) is 16.5. The number of nitrogen functional groups attached to an aromatic ring is 1. The summed E-state index contributed by atoms with van der Waals surface area (Å²) >= 11 is 0. The zero-order valence-electron chi connectivity index (χ0n) is 16.5. The molecule has 0 saturated heterocycles. The minimum absolute atomic E-state index is 0.293. The Kier molecular flexibility index (Phi) is 6.61. The highest BCUT2D eigenvalue weighted by molar-refractivity contribution is 6.12. The van der Waals surface area contributed by atoms with Crippen molar-refractivity contribution in [3.8, 4) is 0 Å². The van der Waals surface area contributed by atoms with Crippen LogP contribution in [0.15, 0.2) is 59.2 Å². The standard InChI is InChI=1S/C23H27N3O2/c1-3-13-26(14-4-2)16-18-5-9-19(10-6-18)22-25-21(23(27)28-22)15-17-7-11-20(24)12-8-17/h5-12,15H,3-4,13-14,16,24H2,1-2H3/b21-15+. The van der Waals surface area contributed by atoms with Gasteiger partial charge >= 0.3 is 5.97 Å². The number of rotatable bonds is 8. The number of anilines is 1. The Labute approximate surface area is 166 Å². The number of esters is 1. The van der Waals surface area contributed by atoms with Gasteiger partial charge in [0, 0.05) is 17.8 Å². The summed E-state index contributed by atoms with van der Waals surface area (Å²) in [5.41, 5.74) is 9.56. The number of carbonyl (C=O) groups is 1. The molecule has 5 nitrogen and oxygen atoms in total. The highest BCUT2D eigenvalue weighted by Crippen LogP contribution is 2.20. The number of benzene rings is 2. The molecule has 0 aromatic heterocycles. The lowest BCUT2D eigenvalue weighted by Gasteiger charge is -2.21. The Hall–Kier alpha value is -2.92. The first-order valence-electron chi connectivity index (χ1n) is 9.78. The molecule has 0 radical (unpaired) electrons. The van der Waals surface area contributed by atoms with Crippen molar-refractivity contribution < 1.29 is 9.53 Å².